The van der Waals surface area contributed by atoms with Crippen molar-refractivity contribution >= 4 is 12.4 Å². The number of nitrogens with zero attached hydrogens (tertiary/aromatic N) is 2. The lowest BCUT2D eigenvalue weighted by atomic mass is 10.2. The number of benzene rings is 1. The molecule has 1 aromatic carbocycles. The molecule has 2 aromatic rings. The van der Waals surface area contributed by atoms with E-state index in [2.05, 4.69) is 10.4 Å². The van der Waals surface area contributed by atoms with Crippen LogP contribution in [0.2, 0.25) is 0 Å². The minimum atomic E-state index is -0.410. The number of nitrogens with one attached hydrogen (secondary N) is 1. The Hall–Kier alpha value is -1.59. The van der Waals surface area contributed by atoms with Crippen molar-refractivity contribution in [1.29, 1.82) is 0 Å². The fourth-order valence-electron chi connectivity index (χ4n) is 1.71. The molecule has 0 amide bonds. The van der Waals surface area contributed by atoms with Gasteiger partial charge >= 0.3 is 0 Å². The van der Waals surface area contributed by atoms with Crippen LogP contribution in [0.1, 0.15) is 11.1 Å². The summed E-state index contributed by atoms with van der Waals surface area (Å²) in [5, 5.41) is 16.8. The molecule has 0 saturated carbocycles. The summed E-state index contributed by atoms with van der Waals surface area (Å²) in [6, 6.07) is 7.21. The van der Waals surface area contributed by atoms with Crippen molar-refractivity contribution in [3.05, 3.63) is 47.8 Å². The number of rotatable bonds is 6. The largest absolute Gasteiger partial charge is 0.508 e. The zero-order valence-electron chi connectivity index (χ0n) is 10.4. The van der Waals surface area contributed by atoms with Crippen molar-refractivity contribution < 1.29 is 9.50 Å². The minimum absolute atomic E-state index is 0. The Labute approximate surface area is 117 Å². The summed E-state index contributed by atoms with van der Waals surface area (Å²) in [4.78, 5) is 0. The van der Waals surface area contributed by atoms with Crippen molar-refractivity contribution in [3.8, 4) is 5.75 Å². The highest BCUT2D eigenvalue weighted by Gasteiger charge is 2.01. The molecular formula is C13H17ClFN3O. The lowest BCUT2D eigenvalue weighted by molar-refractivity contribution is 0.427. The van der Waals surface area contributed by atoms with E-state index in [-0.39, 0.29) is 18.2 Å². The van der Waals surface area contributed by atoms with Crippen LogP contribution in [0.4, 0.5) is 4.39 Å². The van der Waals surface area contributed by atoms with Gasteiger partial charge in [-0.15, -0.1) is 12.4 Å². The summed E-state index contributed by atoms with van der Waals surface area (Å²) in [7, 11) is 0. The molecule has 2 N–H and O–H groups in total. The number of aromatic nitrogens is 2. The van der Waals surface area contributed by atoms with Gasteiger partial charge in [-0.3, -0.25) is 4.68 Å². The zero-order valence-corrected chi connectivity index (χ0v) is 11.2. The number of hydrogen-bond donors (Lipinski definition) is 2. The van der Waals surface area contributed by atoms with E-state index in [1.807, 2.05) is 18.3 Å². The third-order valence-corrected chi connectivity index (χ3v) is 2.64. The first kappa shape index (κ1) is 15.5. The molecule has 0 fully saturated rings. The number of aryl methyl sites for hydroxylation is 1. The quantitative estimate of drug-likeness (QED) is 0.856. The number of halogens is 2. The van der Waals surface area contributed by atoms with Crippen LogP contribution in [0.5, 0.6) is 5.75 Å². The second kappa shape index (κ2) is 7.76. The Morgan fingerprint density at radius 2 is 2.05 bits per heavy atom. The lowest BCUT2D eigenvalue weighted by Crippen LogP contribution is -2.12. The van der Waals surface area contributed by atoms with Gasteiger partial charge in [0, 0.05) is 30.4 Å². The number of phenols is 1. The van der Waals surface area contributed by atoms with Crippen molar-refractivity contribution in [2.24, 2.45) is 0 Å². The summed E-state index contributed by atoms with van der Waals surface area (Å²) in [6.07, 6.45) is 3.53. The van der Waals surface area contributed by atoms with Gasteiger partial charge < -0.3 is 10.4 Å². The second-order valence-corrected chi connectivity index (χ2v) is 4.03. The molecule has 6 heteroatoms. The number of hydrogen-bond acceptors (Lipinski definition) is 3. The monoisotopic (exact) mass is 285 g/mol. The van der Waals surface area contributed by atoms with Crippen LogP contribution in [0, 0.1) is 0 Å². The summed E-state index contributed by atoms with van der Waals surface area (Å²) >= 11 is 0. The average Bonchev–Trinajstić information content (AvgIpc) is 2.80. The molecule has 0 aliphatic carbocycles. The van der Waals surface area contributed by atoms with Crippen molar-refractivity contribution in [2.75, 3.05) is 6.67 Å². The van der Waals surface area contributed by atoms with Gasteiger partial charge in [-0.25, -0.2) is 4.39 Å². The third-order valence-electron chi connectivity index (χ3n) is 2.64. The first-order valence-corrected chi connectivity index (χ1v) is 5.84. The van der Waals surface area contributed by atoms with Crippen molar-refractivity contribution in [3.63, 3.8) is 0 Å². The van der Waals surface area contributed by atoms with E-state index < -0.39 is 6.67 Å². The van der Waals surface area contributed by atoms with Gasteiger partial charge in [-0.05, 0) is 6.07 Å². The maximum Gasteiger partial charge on any atom is 0.120 e. The molecule has 0 aliphatic heterocycles. The van der Waals surface area contributed by atoms with Crippen LogP contribution >= 0.6 is 12.4 Å². The van der Waals surface area contributed by atoms with E-state index in [1.54, 1.807) is 23.0 Å². The fourth-order valence-corrected chi connectivity index (χ4v) is 1.71. The molecular weight excluding hydrogens is 269 g/mol. The average molecular weight is 286 g/mol. The topological polar surface area (TPSA) is 50.1 Å². The Balaban J connectivity index is 0.00000180. The molecule has 0 aliphatic rings. The highest BCUT2D eigenvalue weighted by atomic mass is 35.5. The predicted molar refractivity (Wildman–Crippen MR) is 74.1 cm³/mol. The van der Waals surface area contributed by atoms with Gasteiger partial charge in [-0.1, -0.05) is 18.2 Å². The van der Waals surface area contributed by atoms with E-state index in [4.69, 9.17) is 0 Å². The molecule has 0 bridgehead atoms. The standard InChI is InChI=1S/C13H16FN3O.ClH/c14-5-6-17-10-11(8-16-17)7-15-9-12-3-1-2-4-13(12)18;/h1-4,8,10,15,18H,5-7,9H2;1H. The van der Waals surface area contributed by atoms with Crippen LogP contribution in [0.25, 0.3) is 0 Å². The Morgan fingerprint density at radius 1 is 1.26 bits per heavy atom. The summed E-state index contributed by atoms with van der Waals surface area (Å²) in [5.74, 6) is 0.290. The molecule has 2 rings (SSSR count). The summed E-state index contributed by atoms with van der Waals surface area (Å²) in [6.45, 7) is 1.10. The molecule has 0 saturated heterocycles. The van der Waals surface area contributed by atoms with E-state index >= 15 is 0 Å². The molecule has 1 aromatic heterocycles. The maximum absolute atomic E-state index is 12.1. The van der Waals surface area contributed by atoms with E-state index in [9.17, 15) is 9.50 Å². The zero-order chi connectivity index (χ0) is 12.8. The number of phenolic OH excluding ortho intramolecular Hbond substituents is 1. The first-order chi connectivity index (χ1) is 8.79. The highest BCUT2D eigenvalue weighted by Crippen LogP contribution is 2.14. The Morgan fingerprint density at radius 3 is 2.79 bits per heavy atom. The van der Waals surface area contributed by atoms with Gasteiger partial charge in [0.1, 0.15) is 12.4 Å². The van der Waals surface area contributed by atoms with Crippen molar-refractivity contribution in [2.45, 2.75) is 19.6 Å². The molecule has 19 heavy (non-hydrogen) atoms. The van der Waals surface area contributed by atoms with Gasteiger partial charge in [-0.2, -0.15) is 5.10 Å². The minimum Gasteiger partial charge on any atom is -0.508 e. The molecule has 0 unspecified atom stereocenters. The maximum atomic E-state index is 12.1. The Kier molecular flexibility index (Phi) is 6.32. The highest BCUT2D eigenvalue weighted by molar-refractivity contribution is 5.85. The number of para-hydroxylation sites is 1. The molecule has 0 spiro atoms. The second-order valence-electron chi connectivity index (χ2n) is 4.03. The smallest absolute Gasteiger partial charge is 0.120 e. The van der Waals surface area contributed by atoms with Crippen LogP contribution < -0.4 is 5.32 Å². The SMILES string of the molecule is Cl.Oc1ccccc1CNCc1cnn(CCF)c1. The molecule has 1 heterocycles. The van der Waals surface area contributed by atoms with Crippen LogP contribution in [-0.4, -0.2) is 21.6 Å². The van der Waals surface area contributed by atoms with Gasteiger partial charge in [0.15, 0.2) is 0 Å². The normalized spacial score (nSPS) is 10.2. The predicted octanol–water partition coefficient (Wildman–Crippen LogP) is 2.27. The van der Waals surface area contributed by atoms with Crippen molar-refractivity contribution in [1.82, 2.24) is 15.1 Å². The molecule has 104 valence electrons. The lowest BCUT2D eigenvalue weighted by Gasteiger charge is -2.05. The summed E-state index contributed by atoms with van der Waals surface area (Å²) in [5.41, 5.74) is 1.85. The molecule has 4 nitrogen and oxygen atoms in total. The molecule has 0 radical (unpaired) electrons. The summed E-state index contributed by atoms with van der Waals surface area (Å²) < 4.78 is 13.7. The van der Waals surface area contributed by atoms with Crippen LogP contribution in [-0.2, 0) is 19.6 Å². The van der Waals surface area contributed by atoms with E-state index in [1.165, 1.54) is 0 Å². The number of aromatic hydroxyl groups is 1. The van der Waals surface area contributed by atoms with Gasteiger partial charge in [0.25, 0.3) is 0 Å². The Bertz CT molecular complexity index is 504. The van der Waals surface area contributed by atoms with E-state index in [0.717, 1.165) is 11.1 Å². The number of alkyl halides is 1. The molecule has 0 atom stereocenters. The first-order valence-electron chi connectivity index (χ1n) is 5.84. The fraction of sp³-hybridized carbons (Fsp3) is 0.308. The van der Waals surface area contributed by atoms with Crippen LogP contribution in [0.15, 0.2) is 36.7 Å². The van der Waals surface area contributed by atoms with Gasteiger partial charge in [0.05, 0.1) is 12.7 Å². The third kappa shape index (κ3) is 4.54. The van der Waals surface area contributed by atoms with Crippen LogP contribution in [0.3, 0.4) is 0 Å². The van der Waals surface area contributed by atoms with E-state index in [0.29, 0.717) is 19.6 Å². The van der Waals surface area contributed by atoms with Gasteiger partial charge in [0.2, 0.25) is 0 Å².